The molecule has 1 aromatic rings. The van der Waals surface area contributed by atoms with Crippen LogP contribution >= 0.6 is 11.3 Å². The maximum absolute atomic E-state index is 12.4. The molecule has 2 amide bonds. The van der Waals surface area contributed by atoms with Gasteiger partial charge in [0, 0.05) is 24.2 Å². The van der Waals surface area contributed by atoms with Crippen LogP contribution in [0.2, 0.25) is 0 Å². The summed E-state index contributed by atoms with van der Waals surface area (Å²) in [5.74, 6) is 0. The van der Waals surface area contributed by atoms with Crippen molar-refractivity contribution in [1.82, 2.24) is 15.2 Å². The Morgan fingerprint density at radius 1 is 1.26 bits per heavy atom. The van der Waals surface area contributed by atoms with Gasteiger partial charge >= 0.3 is 6.03 Å². The van der Waals surface area contributed by atoms with E-state index in [0.29, 0.717) is 6.04 Å². The van der Waals surface area contributed by atoms with Gasteiger partial charge in [0.15, 0.2) is 0 Å². The van der Waals surface area contributed by atoms with Crippen LogP contribution in [0, 0.1) is 0 Å². The second-order valence-corrected chi connectivity index (χ2v) is 6.43. The SMILES string of the molecule is O=C(NC1CCCCC1)N1CCCC1c1nccs1. The zero-order valence-electron chi connectivity index (χ0n) is 11.2. The number of hydrogen-bond donors (Lipinski definition) is 1. The third-order valence-electron chi connectivity index (χ3n) is 4.18. The summed E-state index contributed by atoms with van der Waals surface area (Å²) in [6.45, 7) is 0.864. The summed E-state index contributed by atoms with van der Waals surface area (Å²) in [4.78, 5) is 18.8. The van der Waals surface area contributed by atoms with Gasteiger partial charge in [0.1, 0.15) is 5.01 Å². The van der Waals surface area contributed by atoms with E-state index in [2.05, 4.69) is 10.3 Å². The largest absolute Gasteiger partial charge is 0.335 e. The molecular weight excluding hydrogens is 258 g/mol. The number of amides is 2. The minimum Gasteiger partial charge on any atom is -0.335 e. The van der Waals surface area contributed by atoms with Crippen LogP contribution in [0.3, 0.4) is 0 Å². The lowest BCUT2D eigenvalue weighted by Gasteiger charge is -2.28. The molecule has 3 rings (SSSR count). The maximum atomic E-state index is 12.4. The molecule has 104 valence electrons. The van der Waals surface area contributed by atoms with Gasteiger partial charge in [0.2, 0.25) is 0 Å². The van der Waals surface area contributed by atoms with Crippen LogP contribution in [0.4, 0.5) is 4.79 Å². The third-order valence-corrected chi connectivity index (χ3v) is 5.06. The lowest BCUT2D eigenvalue weighted by molar-refractivity contribution is 0.185. The van der Waals surface area contributed by atoms with Crippen molar-refractivity contribution in [2.24, 2.45) is 0 Å². The summed E-state index contributed by atoms with van der Waals surface area (Å²) >= 11 is 1.65. The van der Waals surface area contributed by atoms with E-state index in [0.717, 1.165) is 37.2 Å². The Morgan fingerprint density at radius 3 is 2.84 bits per heavy atom. The normalized spacial score (nSPS) is 24.6. The van der Waals surface area contributed by atoms with Gasteiger partial charge in [0.05, 0.1) is 6.04 Å². The van der Waals surface area contributed by atoms with Gasteiger partial charge in [0.25, 0.3) is 0 Å². The first kappa shape index (κ1) is 12.9. The molecule has 5 heteroatoms. The highest BCUT2D eigenvalue weighted by Gasteiger charge is 2.32. The van der Waals surface area contributed by atoms with Gasteiger partial charge in [-0.2, -0.15) is 0 Å². The average Bonchev–Trinajstić information content (AvgIpc) is 3.10. The van der Waals surface area contributed by atoms with Crippen LogP contribution in [-0.4, -0.2) is 28.5 Å². The summed E-state index contributed by atoms with van der Waals surface area (Å²) in [6.07, 6.45) is 10.1. The number of carbonyl (C=O) groups excluding carboxylic acids is 1. The second kappa shape index (κ2) is 5.90. The number of likely N-dealkylation sites (tertiary alicyclic amines) is 1. The highest BCUT2D eigenvalue weighted by Crippen LogP contribution is 2.33. The number of urea groups is 1. The molecule has 1 saturated carbocycles. The highest BCUT2D eigenvalue weighted by molar-refractivity contribution is 7.09. The lowest BCUT2D eigenvalue weighted by Crippen LogP contribution is -2.45. The molecule has 1 atom stereocenters. The zero-order chi connectivity index (χ0) is 13.1. The molecular formula is C14H21N3OS. The number of carbonyl (C=O) groups is 1. The van der Waals surface area contributed by atoms with Crippen molar-refractivity contribution in [3.8, 4) is 0 Å². The molecule has 2 aliphatic rings. The molecule has 1 unspecified atom stereocenters. The third kappa shape index (κ3) is 2.91. The van der Waals surface area contributed by atoms with Crippen molar-refractivity contribution in [2.75, 3.05) is 6.54 Å². The molecule has 1 saturated heterocycles. The number of thiazole rings is 1. The average molecular weight is 279 g/mol. The molecule has 1 aliphatic heterocycles. The van der Waals surface area contributed by atoms with E-state index in [-0.39, 0.29) is 12.1 Å². The van der Waals surface area contributed by atoms with Crippen LogP contribution in [0.25, 0.3) is 0 Å². The Kier molecular flexibility index (Phi) is 4.01. The summed E-state index contributed by atoms with van der Waals surface area (Å²) in [7, 11) is 0. The highest BCUT2D eigenvalue weighted by atomic mass is 32.1. The molecule has 1 aliphatic carbocycles. The molecule has 4 nitrogen and oxygen atoms in total. The first-order chi connectivity index (χ1) is 9.34. The van der Waals surface area contributed by atoms with Crippen molar-refractivity contribution in [3.63, 3.8) is 0 Å². The second-order valence-electron chi connectivity index (χ2n) is 5.51. The van der Waals surface area contributed by atoms with Crippen molar-refractivity contribution in [2.45, 2.75) is 57.0 Å². The Bertz CT molecular complexity index is 414. The van der Waals surface area contributed by atoms with E-state index in [4.69, 9.17) is 0 Å². The van der Waals surface area contributed by atoms with E-state index >= 15 is 0 Å². The number of rotatable bonds is 2. The fourth-order valence-corrected chi connectivity index (χ4v) is 3.96. The fourth-order valence-electron chi connectivity index (χ4n) is 3.17. The molecule has 0 bridgehead atoms. The van der Waals surface area contributed by atoms with Gasteiger partial charge in [-0.25, -0.2) is 9.78 Å². The molecule has 1 aromatic heterocycles. The molecule has 2 heterocycles. The quantitative estimate of drug-likeness (QED) is 0.902. The van der Waals surface area contributed by atoms with Gasteiger partial charge in [-0.15, -0.1) is 11.3 Å². The van der Waals surface area contributed by atoms with E-state index < -0.39 is 0 Å². The Labute approximate surface area is 118 Å². The summed E-state index contributed by atoms with van der Waals surface area (Å²) < 4.78 is 0. The molecule has 0 radical (unpaired) electrons. The number of hydrogen-bond acceptors (Lipinski definition) is 3. The van der Waals surface area contributed by atoms with Crippen molar-refractivity contribution in [1.29, 1.82) is 0 Å². The molecule has 0 spiro atoms. The van der Waals surface area contributed by atoms with Crippen LogP contribution < -0.4 is 5.32 Å². The van der Waals surface area contributed by atoms with Gasteiger partial charge in [-0.05, 0) is 25.7 Å². The molecule has 0 aromatic carbocycles. The van der Waals surface area contributed by atoms with Crippen molar-refractivity contribution >= 4 is 17.4 Å². The smallest absolute Gasteiger partial charge is 0.318 e. The predicted molar refractivity (Wildman–Crippen MR) is 76.2 cm³/mol. The van der Waals surface area contributed by atoms with Crippen LogP contribution in [0.5, 0.6) is 0 Å². The molecule has 2 fully saturated rings. The Hall–Kier alpha value is -1.10. The fraction of sp³-hybridized carbons (Fsp3) is 0.714. The summed E-state index contributed by atoms with van der Waals surface area (Å²) in [5, 5.41) is 6.29. The first-order valence-electron chi connectivity index (χ1n) is 7.31. The van der Waals surface area contributed by atoms with Gasteiger partial charge < -0.3 is 10.2 Å². The van der Waals surface area contributed by atoms with Crippen LogP contribution in [0.15, 0.2) is 11.6 Å². The number of nitrogens with zero attached hydrogens (tertiary/aromatic N) is 2. The van der Waals surface area contributed by atoms with Gasteiger partial charge in [-0.1, -0.05) is 19.3 Å². The van der Waals surface area contributed by atoms with Crippen LogP contribution in [-0.2, 0) is 0 Å². The predicted octanol–water partition coefficient (Wildman–Crippen LogP) is 3.32. The summed E-state index contributed by atoms with van der Waals surface area (Å²) in [5.41, 5.74) is 0. The van der Waals surface area contributed by atoms with Gasteiger partial charge in [-0.3, -0.25) is 0 Å². The van der Waals surface area contributed by atoms with E-state index in [1.165, 1.54) is 19.3 Å². The number of nitrogens with one attached hydrogen (secondary N) is 1. The maximum Gasteiger partial charge on any atom is 0.318 e. The monoisotopic (exact) mass is 279 g/mol. The number of aromatic nitrogens is 1. The topological polar surface area (TPSA) is 45.2 Å². The van der Waals surface area contributed by atoms with Crippen molar-refractivity contribution < 1.29 is 4.79 Å². The zero-order valence-corrected chi connectivity index (χ0v) is 12.0. The summed E-state index contributed by atoms with van der Waals surface area (Å²) in [6, 6.07) is 0.701. The van der Waals surface area contributed by atoms with E-state index in [1.54, 1.807) is 11.3 Å². The van der Waals surface area contributed by atoms with Crippen molar-refractivity contribution in [3.05, 3.63) is 16.6 Å². The minimum absolute atomic E-state index is 0.115. The molecule has 19 heavy (non-hydrogen) atoms. The molecule has 1 N–H and O–H groups in total. The van der Waals surface area contributed by atoms with Crippen LogP contribution in [0.1, 0.15) is 56.0 Å². The van der Waals surface area contributed by atoms with E-state index in [1.807, 2.05) is 16.5 Å². The lowest BCUT2D eigenvalue weighted by atomic mass is 9.96. The standard InChI is InChI=1S/C14H21N3OS/c18-14(16-11-5-2-1-3-6-11)17-9-4-7-12(17)13-15-8-10-19-13/h8,10-12H,1-7,9H2,(H,16,18). The Morgan fingerprint density at radius 2 is 2.11 bits per heavy atom. The first-order valence-corrected chi connectivity index (χ1v) is 8.19. The van der Waals surface area contributed by atoms with E-state index in [9.17, 15) is 4.79 Å². The minimum atomic E-state index is 0.115. The Balaban J connectivity index is 1.62.